The average molecular weight is 482 g/mol. The van der Waals surface area contributed by atoms with E-state index in [4.69, 9.17) is 4.74 Å². The fraction of sp³-hybridized carbons (Fsp3) is 0.364. The summed E-state index contributed by atoms with van der Waals surface area (Å²) >= 11 is 0. The average Bonchev–Trinajstić information content (AvgIpc) is 3.30. The zero-order valence-electron chi connectivity index (χ0n) is 18.1. The van der Waals surface area contributed by atoms with Gasteiger partial charge in [0.2, 0.25) is 10.0 Å². The first kappa shape index (κ1) is 24.6. The van der Waals surface area contributed by atoms with Crippen molar-refractivity contribution in [2.75, 3.05) is 36.5 Å². The number of carbonyl (C=O) groups excluding carboxylic acids is 2. The maximum atomic E-state index is 13.2. The number of anilines is 2. The Bertz CT molecular complexity index is 1130. The van der Waals surface area contributed by atoms with E-state index in [0.29, 0.717) is 17.8 Å². The molecule has 1 aliphatic heterocycles. The highest BCUT2D eigenvalue weighted by molar-refractivity contribution is 7.89. The monoisotopic (exact) mass is 481 g/mol. The standard InChI is InChI=1S/C22H25F2N3O5S/c1-15-12-16(27-10-2-3-11-27)4-7-20(15)26-21(28)14-32-22(29)8-9-25-33(30,31)17-5-6-18(23)19(24)13-17/h4-7,12-13,25H,2-3,8-11,14H2,1H3,(H,26,28). The molecule has 1 fully saturated rings. The summed E-state index contributed by atoms with van der Waals surface area (Å²) in [7, 11) is -4.13. The van der Waals surface area contributed by atoms with Gasteiger partial charge in [-0.05, 0) is 61.7 Å². The van der Waals surface area contributed by atoms with E-state index < -0.39 is 45.0 Å². The van der Waals surface area contributed by atoms with Crippen molar-refractivity contribution in [3.63, 3.8) is 0 Å². The summed E-state index contributed by atoms with van der Waals surface area (Å²) < 4.78 is 57.3. The van der Waals surface area contributed by atoms with Crippen molar-refractivity contribution in [2.45, 2.75) is 31.1 Å². The molecule has 33 heavy (non-hydrogen) atoms. The quantitative estimate of drug-likeness (QED) is 0.534. The van der Waals surface area contributed by atoms with Crippen LogP contribution in [-0.4, -0.2) is 46.5 Å². The van der Waals surface area contributed by atoms with Crippen LogP contribution in [-0.2, 0) is 24.3 Å². The second-order valence-electron chi connectivity index (χ2n) is 7.63. The number of benzene rings is 2. The van der Waals surface area contributed by atoms with Gasteiger partial charge in [-0.25, -0.2) is 21.9 Å². The van der Waals surface area contributed by atoms with Gasteiger partial charge in [-0.2, -0.15) is 0 Å². The lowest BCUT2D eigenvalue weighted by molar-refractivity contribution is -0.147. The Morgan fingerprint density at radius 3 is 2.45 bits per heavy atom. The molecule has 1 heterocycles. The van der Waals surface area contributed by atoms with E-state index >= 15 is 0 Å². The summed E-state index contributed by atoms with van der Waals surface area (Å²) in [6.07, 6.45) is 1.98. The molecule has 1 saturated heterocycles. The van der Waals surface area contributed by atoms with Crippen LogP contribution in [0.5, 0.6) is 0 Å². The van der Waals surface area contributed by atoms with Crippen LogP contribution in [0.15, 0.2) is 41.3 Å². The minimum absolute atomic E-state index is 0.334. The number of carbonyl (C=O) groups is 2. The third-order valence-corrected chi connectivity index (χ3v) is 6.60. The Morgan fingerprint density at radius 1 is 1.06 bits per heavy atom. The van der Waals surface area contributed by atoms with Crippen molar-refractivity contribution in [3.05, 3.63) is 53.6 Å². The van der Waals surface area contributed by atoms with Crippen LogP contribution < -0.4 is 14.9 Å². The maximum Gasteiger partial charge on any atom is 0.307 e. The number of hydrogen-bond acceptors (Lipinski definition) is 6. The Hall–Kier alpha value is -3.05. The third kappa shape index (κ3) is 6.72. The molecule has 0 radical (unpaired) electrons. The Balaban J connectivity index is 1.42. The Kier molecular flexibility index (Phi) is 7.98. The minimum Gasteiger partial charge on any atom is -0.456 e. The fourth-order valence-corrected chi connectivity index (χ4v) is 4.42. The first-order valence-electron chi connectivity index (χ1n) is 10.4. The molecule has 0 spiro atoms. The van der Waals surface area contributed by atoms with Gasteiger partial charge >= 0.3 is 5.97 Å². The number of sulfonamides is 1. The molecular weight excluding hydrogens is 456 g/mol. The molecule has 0 aliphatic carbocycles. The lowest BCUT2D eigenvalue weighted by Gasteiger charge is -2.19. The maximum absolute atomic E-state index is 13.2. The molecule has 2 aromatic rings. The summed E-state index contributed by atoms with van der Waals surface area (Å²) in [5.74, 6) is -3.79. The van der Waals surface area contributed by atoms with Gasteiger partial charge in [-0.3, -0.25) is 9.59 Å². The number of nitrogens with one attached hydrogen (secondary N) is 2. The number of ether oxygens (including phenoxy) is 1. The van der Waals surface area contributed by atoms with Crippen molar-refractivity contribution in [1.29, 1.82) is 0 Å². The predicted molar refractivity (Wildman–Crippen MR) is 118 cm³/mol. The number of rotatable bonds is 9. The molecule has 0 unspecified atom stereocenters. The molecule has 0 aromatic heterocycles. The lowest BCUT2D eigenvalue weighted by atomic mass is 10.1. The summed E-state index contributed by atoms with van der Waals surface area (Å²) in [5.41, 5.74) is 2.59. The van der Waals surface area contributed by atoms with E-state index in [1.54, 1.807) is 6.07 Å². The van der Waals surface area contributed by atoms with Gasteiger partial charge in [-0.1, -0.05) is 0 Å². The van der Waals surface area contributed by atoms with Crippen LogP contribution in [0.2, 0.25) is 0 Å². The number of halogens is 2. The number of hydrogen-bond donors (Lipinski definition) is 2. The van der Waals surface area contributed by atoms with Gasteiger partial charge in [0.05, 0.1) is 11.3 Å². The third-order valence-electron chi connectivity index (χ3n) is 5.14. The van der Waals surface area contributed by atoms with Gasteiger partial charge in [0.25, 0.3) is 5.91 Å². The second-order valence-corrected chi connectivity index (χ2v) is 9.39. The minimum atomic E-state index is -4.13. The molecule has 11 heteroatoms. The number of aryl methyl sites for hydroxylation is 1. The molecule has 2 aromatic carbocycles. The van der Waals surface area contributed by atoms with E-state index in [2.05, 4.69) is 14.9 Å². The van der Waals surface area contributed by atoms with Gasteiger partial charge < -0.3 is 15.0 Å². The summed E-state index contributed by atoms with van der Waals surface area (Å²) in [4.78, 5) is 25.7. The highest BCUT2D eigenvalue weighted by Gasteiger charge is 2.18. The van der Waals surface area contributed by atoms with E-state index in [1.165, 1.54) is 0 Å². The smallest absolute Gasteiger partial charge is 0.307 e. The van der Waals surface area contributed by atoms with Crippen molar-refractivity contribution in [3.8, 4) is 0 Å². The van der Waals surface area contributed by atoms with Gasteiger partial charge in [0.15, 0.2) is 18.2 Å². The van der Waals surface area contributed by atoms with Crippen LogP contribution in [0.3, 0.4) is 0 Å². The molecule has 0 saturated carbocycles. The number of nitrogens with zero attached hydrogens (tertiary/aromatic N) is 1. The van der Waals surface area contributed by atoms with Crippen molar-refractivity contribution in [2.24, 2.45) is 0 Å². The van der Waals surface area contributed by atoms with Crippen LogP contribution >= 0.6 is 0 Å². The summed E-state index contributed by atoms with van der Waals surface area (Å²) in [6, 6.07) is 7.86. The first-order chi connectivity index (χ1) is 15.7. The van der Waals surface area contributed by atoms with Crippen LogP contribution in [0.1, 0.15) is 24.8 Å². The van der Waals surface area contributed by atoms with E-state index in [9.17, 15) is 26.8 Å². The summed E-state index contributed by atoms with van der Waals surface area (Å²) in [5, 5.41) is 2.68. The van der Waals surface area contributed by atoms with Crippen LogP contribution in [0, 0.1) is 18.6 Å². The highest BCUT2D eigenvalue weighted by Crippen LogP contribution is 2.25. The Morgan fingerprint density at radius 2 is 1.79 bits per heavy atom. The molecule has 0 atom stereocenters. The van der Waals surface area contributed by atoms with Gasteiger partial charge in [0.1, 0.15) is 0 Å². The fourth-order valence-electron chi connectivity index (χ4n) is 3.38. The first-order valence-corrected chi connectivity index (χ1v) is 11.9. The largest absolute Gasteiger partial charge is 0.456 e. The topological polar surface area (TPSA) is 105 Å². The zero-order chi connectivity index (χ0) is 24.0. The van der Waals surface area contributed by atoms with Gasteiger partial charge in [0, 0.05) is 31.0 Å². The molecular formula is C22H25F2N3O5S. The molecule has 8 nitrogen and oxygen atoms in total. The Labute approximate surface area is 191 Å². The molecule has 0 bridgehead atoms. The molecule has 178 valence electrons. The highest BCUT2D eigenvalue weighted by atomic mass is 32.2. The normalized spacial score (nSPS) is 13.7. The van der Waals surface area contributed by atoms with E-state index in [0.717, 1.165) is 43.2 Å². The van der Waals surface area contributed by atoms with Crippen molar-refractivity contribution < 1.29 is 31.5 Å². The SMILES string of the molecule is Cc1cc(N2CCCC2)ccc1NC(=O)COC(=O)CCNS(=O)(=O)c1ccc(F)c(F)c1. The number of amides is 1. The molecule has 1 aliphatic rings. The molecule has 1 amide bonds. The lowest BCUT2D eigenvalue weighted by Crippen LogP contribution is -2.28. The second kappa shape index (κ2) is 10.7. The van der Waals surface area contributed by atoms with Gasteiger partial charge in [-0.15, -0.1) is 0 Å². The van der Waals surface area contributed by atoms with Crippen LogP contribution in [0.4, 0.5) is 20.2 Å². The van der Waals surface area contributed by atoms with E-state index in [-0.39, 0.29) is 13.0 Å². The van der Waals surface area contributed by atoms with E-state index in [1.807, 2.05) is 19.1 Å². The number of esters is 1. The van der Waals surface area contributed by atoms with Crippen molar-refractivity contribution >= 4 is 33.3 Å². The summed E-state index contributed by atoms with van der Waals surface area (Å²) in [6.45, 7) is 3.04. The molecule has 2 N–H and O–H groups in total. The zero-order valence-corrected chi connectivity index (χ0v) is 18.9. The van der Waals surface area contributed by atoms with Crippen molar-refractivity contribution in [1.82, 2.24) is 4.72 Å². The predicted octanol–water partition coefficient (Wildman–Crippen LogP) is 2.72. The molecule has 3 rings (SSSR count). The van der Waals surface area contributed by atoms with Crippen LogP contribution in [0.25, 0.3) is 0 Å².